The summed E-state index contributed by atoms with van der Waals surface area (Å²) in [4.78, 5) is -1.48. The van der Waals surface area contributed by atoms with Crippen molar-refractivity contribution in [1.29, 1.82) is 0 Å². The third kappa shape index (κ3) is 14.0. The zero-order chi connectivity index (χ0) is 50.7. The van der Waals surface area contributed by atoms with Gasteiger partial charge < -0.3 is 24.8 Å². The van der Waals surface area contributed by atoms with Crippen molar-refractivity contribution in [3.05, 3.63) is 66.7 Å². The van der Waals surface area contributed by atoms with Crippen LogP contribution in [0.5, 0.6) is 28.7 Å². The van der Waals surface area contributed by atoms with E-state index >= 15 is 0 Å². The number of rotatable bonds is 24. The van der Waals surface area contributed by atoms with Crippen LogP contribution in [-0.4, -0.2) is 108 Å². The van der Waals surface area contributed by atoms with E-state index in [9.17, 15) is 53.5 Å². The summed E-state index contributed by atoms with van der Waals surface area (Å²) in [5, 5.41) is 81.7. The summed E-state index contributed by atoms with van der Waals surface area (Å²) in [5.74, 6) is -5.45. The van der Waals surface area contributed by atoms with Crippen molar-refractivity contribution in [2.75, 3.05) is 38.9 Å². The van der Waals surface area contributed by atoms with Gasteiger partial charge in [-0.15, -0.1) is 34.2 Å². The first-order valence-electron chi connectivity index (χ1n) is 18.0. The van der Waals surface area contributed by atoms with E-state index in [-0.39, 0.29) is 55.8 Å². The summed E-state index contributed by atoms with van der Waals surface area (Å²) in [6, 6.07) is 12.3. The first-order chi connectivity index (χ1) is 32.5. The predicted molar refractivity (Wildman–Crippen MR) is 234 cm³/mol. The van der Waals surface area contributed by atoms with E-state index < -0.39 is 115 Å². The van der Waals surface area contributed by atoms with Crippen molar-refractivity contribution in [1.82, 2.24) is 0 Å². The molecule has 5 aromatic rings. The summed E-state index contributed by atoms with van der Waals surface area (Å²) in [6.45, 7) is -1.45. The molecule has 0 saturated heterocycles. The molecule has 5 aromatic carbocycles. The number of ether oxygens (including phenoxy) is 2. The van der Waals surface area contributed by atoms with Gasteiger partial charge in [-0.05, 0) is 60.0 Å². The van der Waals surface area contributed by atoms with E-state index in [2.05, 4.69) is 53.6 Å². The average molecular weight is 1090 g/mol. The fourth-order valence-corrected chi connectivity index (χ4v) is 9.73. The van der Waals surface area contributed by atoms with Gasteiger partial charge in [-0.2, -0.15) is 21.9 Å². The molecule has 5 rings (SSSR count). The predicted octanol–water partition coefficient (Wildman–Crippen LogP) is 7.26. The highest BCUT2D eigenvalue weighted by molar-refractivity contribution is 7.94. The SMILES string of the molecule is COc1ccc(S(=O)(=O)CCOSOOO)cc1/N=N/c1c(O)c(/N=N/c2cc(SOOO)c3cccc(S(=O)(=O)O)c3c2)c(O)c(/N=N/c2cc(S(=O)(=O)CCOS(=O)(=O)O)ccc2OC)c1O. The lowest BCUT2D eigenvalue weighted by Gasteiger charge is -2.12. The Balaban J connectivity index is 1.70. The van der Waals surface area contributed by atoms with Crippen LogP contribution in [0.3, 0.4) is 0 Å². The van der Waals surface area contributed by atoms with Crippen LogP contribution in [0.15, 0.2) is 117 Å². The first-order valence-corrected chi connectivity index (χ1v) is 25.5. The molecule has 0 fully saturated rings. The summed E-state index contributed by atoms with van der Waals surface area (Å²) < 4.78 is 145. The Kier molecular flexibility index (Phi) is 18.3. The molecule has 69 heavy (non-hydrogen) atoms. The number of methoxy groups -OCH3 is 2. The van der Waals surface area contributed by atoms with Crippen LogP contribution >= 0.6 is 24.4 Å². The van der Waals surface area contributed by atoms with Gasteiger partial charge in [-0.25, -0.2) is 31.5 Å². The van der Waals surface area contributed by atoms with E-state index in [1.807, 2.05) is 0 Å². The number of fused-ring (bicyclic) bond motifs is 1. The second-order valence-electron chi connectivity index (χ2n) is 12.8. The number of aromatic hydroxyl groups is 3. The van der Waals surface area contributed by atoms with Crippen molar-refractivity contribution in [3.8, 4) is 28.7 Å². The lowest BCUT2D eigenvalue weighted by atomic mass is 10.1. The van der Waals surface area contributed by atoms with Crippen LogP contribution in [0.2, 0.25) is 0 Å². The van der Waals surface area contributed by atoms with Crippen molar-refractivity contribution in [2.24, 2.45) is 30.7 Å². The highest BCUT2D eigenvalue weighted by atomic mass is 32.3. The molecule has 0 aliphatic heterocycles. The molecule has 0 radical (unpaired) electrons. The largest absolute Gasteiger partial charge is 0.504 e. The van der Waals surface area contributed by atoms with Crippen LogP contribution in [-0.2, 0) is 67.3 Å². The van der Waals surface area contributed by atoms with Crippen LogP contribution in [0.25, 0.3) is 10.8 Å². The lowest BCUT2D eigenvalue weighted by Crippen LogP contribution is -2.15. The van der Waals surface area contributed by atoms with Crippen molar-refractivity contribution in [2.45, 2.75) is 19.6 Å². The third-order valence-electron chi connectivity index (χ3n) is 8.61. The maximum atomic E-state index is 13.1. The van der Waals surface area contributed by atoms with Gasteiger partial charge in [-0.1, -0.05) is 22.2 Å². The van der Waals surface area contributed by atoms with E-state index in [0.717, 1.165) is 49.6 Å². The van der Waals surface area contributed by atoms with Gasteiger partial charge in [0.15, 0.2) is 66.3 Å². The molecule has 0 bridgehead atoms. The molecule has 29 nitrogen and oxygen atoms in total. The zero-order valence-corrected chi connectivity index (χ0v) is 39.4. The van der Waals surface area contributed by atoms with Crippen molar-refractivity contribution >= 4 is 109 Å². The molecule has 7 N–H and O–H groups in total. The van der Waals surface area contributed by atoms with E-state index in [4.69, 9.17) is 28.7 Å². The second-order valence-corrected chi connectivity index (χ2v) is 20.7. The molecule has 0 aliphatic rings. The maximum Gasteiger partial charge on any atom is 0.397 e. The number of nitrogens with zero attached hydrogens (tertiary/aromatic N) is 6. The number of sulfone groups is 2. The molecule has 0 atom stereocenters. The fraction of sp³-hybridized carbons (Fsp3) is 0.176. The van der Waals surface area contributed by atoms with Gasteiger partial charge >= 0.3 is 10.4 Å². The number of phenols is 3. The van der Waals surface area contributed by atoms with Gasteiger partial charge in [-0.3, -0.25) is 13.3 Å². The summed E-state index contributed by atoms with van der Waals surface area (Å²) in [5.41, 5.74) is -3.91. The molecular weight excluding hydrogens is 1050 g/mol. The molecule has 0 heterocycles. The van der Waals surface area contributed by atoms with Gasteiger partial charge in [0.05, 0.1) is 66.5 Å². The number of benzene rings is 5. The standard InChI is InChI=1S/C34H32N6O23S6/c1-56-25-8-6-19(66(46,47)12-10-58-65-63-61-45)16-23(25)36-39-30-32(41)29(38-35-18-14-22-21(27(15-18)64-62-60-44)4-3-5-28(22)68(50,51)52)33(42)31(34(30)43)40-37-24-17-20(7-9-26(24)57-2)67(48,49)13-11-59-69(53,54)55/h3-9,14-17,41-45H,10-13H2,1-2H3,(H,50,51,52)(H,53,54,55)/b38-35+,39-36+,40-37+. The molecule has 0 spiro atoms. The van der Waals surface area contributed by atoms with Crippen molar-refractivity contribution < 1.29 is 105 Å². The Morgan fingerprint density at radius 1 is 0.580 bits per heavy atom. The number of hydrogen-bond acceptors (Lipinski definition) is 29. The lowest BCUT2D eigenvalue weighted by molar-refractivity contribution is -0.434. The van der Waals surface area contributed by atoms with Crippen LogP contribution in [0, 0.1) is 0 Å². The second kappa shape index (κ2) is 23.2. The Labute approximate surface area is 397 Å². The Hall–Kier alpha value is -5.74. The molecule has 0 aromatic heterocycles. The summed E-state index contributed by atoms with van der Waals surface area (Å²) in [6.07, 6.45) is 0. The van der Waals surface area contributed by atoms with Gasteiger partial charge in [0, 0.05) is 10.3 Å². The first kappa shape index (κ1) is 54.2. The monoisotopic (exact) mass is 1080 g/mol. The molecule has 35 heteroatoms. The fourth-order valence-electron chi connectivity index (χ4n) is 5.56. The average Bonchev–Trinajstić information content (AvgIpc) is 3.29. The molecule has 0 unspecified atom stereocenters. The molecule has 0 amide bonds. The van der Waals surface area contributed by atoms with E-state index in [1.54, 1.807) is 0 Å². The molecule has 0 aliphatic carbocycles. The highest BCUT2D eigenvalue weighted by Crippen LogP contribution is 2.57. The minimum absolute atomic E-state index is 0.00296. The van der Waals surface area contributed by atoms with Crippen LogP contribution in [0.1, 0.15) is 0 Å². The zero-order valence-electron chi connectivity index (χ0n) is 34.5. The third-order valence-corrected chi connectivity index (χ3v) is 14.4. The normalized spacial score (nSPS) is 12.8. The minimum Gasteiger partial charge on any atom is -0.504 e. The van der Waals surface area contributed by atoms with Crippen LogP contribution < -0.4 is 9.47 Å². The highest BCUT2D eigenvalue weighted by Gasteiger charge is 2.27. The van der Waals surface area contributed by atoms with Gasteiger partial charge in [0.1, 0.15) is 27.8 Å². The molecular formula is C34H32N6O23S6. The summed E-state index contributed by atoms with van der Waals surface area (Å²) in [7, 11) is -16.1. The topological polar surface area (TPSA) is 426 Å². The minimum atomic E-state index is -4.99. The van der Waals surface area contributed by atoms with Gasteiger partial charge in [0.2, 0.25) is 0 Å². The Morgan fingerprint density at radius 3 is 1.57 bits per heavy atom. The molecule has 372 valence electrons. The van der Waals surface area contributed by atoms with Crippen LogP contribution in [0.4, 0.5) is 34.1 Å². The van der Waals surface area contributed by atoms with E-state index in [1.165, 1.54) is 31.4 Å². The summed E-state index contributed by atoms with van der Waals surface area (Å²) >= 11 is 0.484. The smallest absolute Gasteiger partial charge is 0.397 e. The van der Waals surface area contributed by atoms with Crippen molar-refractivity contribution in [3.63, 3.8) is 0 Å². The molecule has 0 saturated carbocycles. The number of hydrogen-bond donors (Lipinski definition) is 7. The quantitative estimate of drug-likeness (QED) is 0.00797. The van der Waals surface area contributed by atoms with E-state index in [0.29, 0.717) is 12.0 Å². The number of phenolic OH excluding ortho intramolecular Hbond substituents is 3. The van der Waals surface area contributed by atoms with Gasteiger partial charge in [0.25, 0.3) is 10.1 Å². The Bertz CT molecular complexity index is 3270. The number of azo groups is 3. The maximum absolute atomic E-state index is 13.1. The Morgan fingerprint density at radius 2 is 1.09 bits per heavy atom.